The Morgan fingerprint density at radius 1 is 0.875 bits per heavy atom. The Balaban J connectivity index is 1.64. The van der Waals surface area contributed by atoms with Crippen LogP contribution in [0, 0.1) is 0 Å². The van der Waals surface area contributed by atoms with Crippen LogP contribution in [0.2, 0.25) is 0 Å². The van der Waals surface area contributed by atoms with Gasteiger partial charge in [0.05, 0.1) is 25.5 Å². The number of methoxy groups -OCH3 is 2. The third kappa shape index (κ3) is 5.66. The molecule has 0 spiro atoms. The third-order valence-electron chi connectivity index (χ3n) is 4.91. The van der Waals surface area contributed by atoms with Crippen molar-refractivity contribution in [1.29, 1.82) is 0 Å². The molecule has 1 amide bonds. The highest BCUT2D eigenvalue weighted by molar-refractivity contribution is 7.89. The number of carbonyl (C=O) groups excluding carboxylic acids is 1. The van der Waals surface area contributed by atoms with Crippen LogP contribution < -0.4 is 14.8 Å². The lowest BCUT2D eigenvalue weighted by atomic mass is 10.1. The fourth-order valence-electron chi connectivity index (χ4n) is 3.20. The number of anilines is 1. The quantitative estimate of drug-likeness (QED) is 0.533. The number of hydrogen-bond acceptors (Lipinski definition) is 5. The zero-order chi connectivity index (χ0) is 23.1. The Labute approximate surface area is 188 Å². The van der Waals surface area contributed by atoms with E-state index in [1.54, 1.807) is 44.5 Å². The Morgan fingerprint density at radius 3 is 2.16 bits per heavy atom. The number of benzene rings is 3. The van der Waals surface area contributed by atoms with E-state index >= 15 is 0 Å². The number of hydrogen-bond donors (Lipinski definition) is 1. The zero-order valence-electron chi connectivity index (χ0n) is 18.2. The van der Waals surface area contributed by atoms with Crippen molar-refractivity contribution >= 4 is 21.6 Å². The van der Waals surface area contributed by atoms with Gasteiger partial charge in [-0.05, 0) is 47.5 Å². The average Bonchev–Trinajstić information content (AvgIpc) is 2.80. The molecule has 0 saturated carbocycles. The van der Waals surface area contributed by atoms with Crippen LogP contribution in [0.1, 0.15) is 11.1 Å². The summed E-state index contributed by atoms with van der Waals surface area (Å²) in [4.78, 5) is 12.6. The van der Waals surface area contributed by atoms with Crippen molar-refractivity contribution in [3.8, 4) is 11.5 Å². The summed E-state index contributed by atoms with van der Waals surface area (Å²) in [6.45, 7) is 0.271. The molecule has 0 heterocycles. The van der Waals surface area contributed by atoms with E-state index in [9.17, 15) is 13.2 Å². The molecule has 0 radical (unpaired) electrons. The highest BCUT2D eigenvalue weighted by Crippen LogP contribution is 2.28. The van der Waals surface area contributed by atoms with E-state index in [1.807, 2.05) is 30.3 Å². The van der Waals surface area contributed by atoms with E-state index in [0.29, 0.717) is 17.2 Å². The van der Waals surface area contributed by atoms with Crippen molar-refractivity contribution < 1.29 is 22.7 Å². The Kier molecular flexibility index (Phi) is 7.50. The van der Waals surface area contributed by atoms with Gasteiger partial charge in [-0.25, -0.2) is 8.42 Å². The smallest absolute Gasteiger partial charge is 0.243 e. The van der Waals surface area contributed by atoms with Gasteiger partial charge >= 0.3 is 0 Å². The van der Waals surface area contributed by atoms with Gasteiger partial charge < -0.3 is 14.8 Å². The summed E-state index contributed by atoms with van der Waals surface area (Å²) in [5, 5.41) is 2.78. The van der Waals surface area contributed by atoms with Crippen LogP contribution in [0.3, 0.4) is 0 Å². The fourth-order valence-corrected chi connectivity index (χ4v) is 4.36. The molecule has 3 aromatic rings. The summed E-state index contributed by atoms with van der Waals surface area (Å²) in [5.74, 6) is 0.909. The second-order valence-corrected chi connectivity index (χ2v) is 9.23. The molecule has 0 aromatic heterocycles. The van der Waals surface area contributed by atoms with E-state index in [4.69, 9.17) is 9.47 Å². The highest BCUT2D eigenvalue weighted by atomic mass is 32.2. The van der Waals surface area contributed by atoms with Crippen molar-refractivity contribution in [2.45, 2.75) is 17.9 Å². The maximum atomic E-state index is 12.8. The number of carbonyl (C=O) groups is 1. The molecule has 0 bridgehead atoms. The van der Waals surface area contributed by atoms with Crippen LogP contribution in [0.15, 0.2) is 77.7 Å². The molecule has 3 rings (SSSR count). The van der Waals surface area contributed by atoms with Crippen molar-refractivity contribution in [1.82, 2.24) is 4.31 Å². The van der Waals surface area contributed by atoms with Crippen LogP contribution in [0.5, 0.6) is 11.5 Å². The molecule has 0 atom stereocenters. The summed E-state index contributed by atoms with van der Waals surface area (Å²) in [6.07, 6.45) is 0.139. The van der Waals surface area contributed by atoms with Gasteiger partial charge in [0.25, 0.3) is 0 Å². The molecule has 1 N–H and O–H groups in total. The maximum Gasteiger partial charge on any atom is 0.243 e. The van der Waals surface area contributed by atoms with E-state index in [0.717, 1.165) is 11.1 Å². The van der Waals surface area contributed by atoms with Gasteiger partial charge in [0.15, 0.2) is 11.5 Å². The van der Waals surface area contributed by atoms with E-state index in [1.165, 1.54) is 23.5 Å². The molecule has 7 nitrogen and oxygen atoms in total. The largest absolute Gasteiger partial charge is 0.493 e. The van der Waals surface area contributed by atoms with Gasteiger partial charge in [-0.3, -0.25) is 4.79 Å². The number of nitrogens with zero attached hydrogens (tertiary/aromatic N) is 1. The van der Waals surface area contributed by atoms with Crippen molar-refractivity contribution in [3.63, 3.8) is 0 Å². The lowest BCUT2D eigenvalue weighted by Gasteiger charge is -2.17. The second-order valence-electron chi connectivity index (χ2n) is 7.19. The standard InChI is InChI=1S/C24H26N2O5S/c1-26(17-18-7-5-4-6-8-18)32(28,29)21-12-10-20(11-13-21)25-24(27)16-19-9-14-22(30-2)23(15-19)31-3/h4-15H,16-17H2,1-3H3,(H,25,27). The number of amides is 1. The number of rotatable bonds is 9. The maximum absolute atomic E-state index is 12.8. The van der Waals surface area contributed by atoms with Gasteiger partial charge in [0, 0.05) is 19.3 Å². The van der Waals surface area contributed by atoms with Gasteiger partial charge in [0.1, 0.15) is 0 Å². The van der Waals surface area contributed by atoms with Crippen LogP contribution in [0.4, 0.5) is 5.69 Å². The fraction of sp³-hybridized carbons (Fsp3) is 0.208. The molecule has 168 valence electrons. The van der Waals surface area contributed by atoms with Gasteiger partial charge in [-0.15, -0.1) is 0 Å². The Morgan fingerprint density at radius 2 is 1.53 bits per heavy atom. The predicted octanol–water partition coefficient (Wildman–Crippen LogP) is 3.71. The first-order chi connectivity index (χ1) is 15.3. The Hall–Kier alpha value is -3.36. The Bertz CT molecular complexity index is 1160. The number of sulfonamides is 1. The van der Waals surface area contributed by atoms with Crippen molar-refractivity contribution in [2.75, 3.05) is 26.6 Å². The summed E-state index contributed by atoms with van der Waals surface area (Å²) in [6, 6.07) is 20.8. The van der Waals surface area contributed by atoms with Gasteiger partial charge in [-0.1, -0.05) is 36.4 Å². The lowest BCUT2D eigenvalue weighted by Crippen LogP contribution is -2.26. The first-order valence-electron chi connectivity index (χ1n) is 9.94. The average molecular weight is 455 g/mol. The van der Waals surface area contributed by atoms with E-state index in [-0.39, 0.29) is 23.8 Å². The minimum Gasteiger partial charge on any atom is -0.493 e. The van der Waals surface area contributed by atoms with E-state index < -0.39 is 10.0 Å². The SMILES string of the molecule is COc1ccc(CC(=O)Nc2ccc(S(=O)(=O)N(C)Cc3ccccc3)cc2)cc1OC. The first kappa shape index (κ1) is 23.3. The normalized spacial score (nSPS) is 11.2. The molecule has 0 aliphatic heterocycles. The third-order valence-corrected chi connectivity index (χ3v) is 6.72. The van der Waals surface area contributed by atoms with Crippen molar-refractivity contribution in [3.05, 3.63) is 83.9 Å². The number of ether oxygens (including phenoxy) is 2. The zero-order valence-corrected chi connectivity index (χ0v) is 19.1. The van der Waals surface area contributed by atoms with E-state index in [2.05, 4.69) is 5.32 Å². The van der Waals surface area contributed by atoms with Gasteiger partial charge in [-0.2, -0.15) is 4.31 Å². The molecule has 0 fully saturated rings. The summed E-state index contributed by atoms with van der Waals surface area (Å²) in [5.41, 5.74) is 2.18. The lowest BCUT2D eigenvalue weighted by molar-refractivity contribution is -0.115. The molecule has 0 unspecified atom stereocenters. The molecule has 8 heteroatoms. The van der Waals surface area contributed by atoms with Crippen LogP contribution >= 0.6 is 0 Å². The molecular weight excluding hydrogens is 428 g/mol. The summed E-state index contributed by atoms with van der Waals surface area (Å²) < 4.78 is 37.4. The summed E-state index contributed by atoms with van der Waals surface area (Å²) >= 11 is 0. The predicted molar refractivity (Wildman–Crippen MR) is 123 cm³/mol. The van der Waals surface area contributed by atoms with Crippen LogP contribution in [-0.4, -0.2) is 39.9 Å². The first-order valence-corrected chi connectivity index (χ1v) is 11.4. The molecule has 0 saturated heterocycles. The molecule has 32 heavy (non-hydrogen) atoms. The minimum atomic E-state index is -3.65. The minimum absolute atomic E-state index is 0.139. The monoisotopic (exact) mass is 454 g/mol. The summed E-state index contributed by atoms with van der Waals surface area (Å²) in [7, 11) is 0.978. The van der Waals surface area contributed by atoms with Gasteiger partial charge in [0.2, 0.25) is 15.9 Å². The second kappa shape index (κ2) is 10.3. The molecule has 3 aromatic carbocycles. The van der Waals surface area contributed by atoms with Crippen LogP contribution in [0.25, 0.3) is 0 Å². The highest BCUT2D eigenvalue weighted by Gasteiger charge is 2.21. The molecule has 0 aliphatic carbocycles. The molecular formula is C24H26N2O5S. The van der Waals surface area contributed by atoms with Crippen molar-refractivity contribution in [2.24, 2.45) is 0 Å². The number of nitrogens with one attached hydrogen (secondary N) is 1. The topological polar surface area (TPSA) is 84.9 Å². The van der Waals surface area contributed by atoms with Crippen LogP contribution in [-0.2, 0) is 27.8 Å². The molecule has 0 aliphatic rings.